The maximum atomic E-state index is 4.84. The predicted octanol–water partition coefficient (Wildman–Crippen LogP) is 2.00. The molecule has 15 heavy (non-hydrogen) atoms. The van der Waals surface area contributed by atoms with Gasteiger partial charge in [0.1, 0.15) is 0 Å². The molecule has 0 aromatic rings. The Balaban J connectivity index is 4.10. The molecule has 0 atom stereocenters. The van der Waals surface area contributed by atoms with E-state index in [4.69, 9.17) is 24.4 Å². The largest absolute Gasteiger partial charge is 0.272 e. The predicted molar refractivity (Wildman–Crippen MR) is 73.7 cm³/mol. The molecule has 0 rings (SSSR count). The number of nitrogens with one attached hydrogen (secondary N) is 2. The first-order valence-corrected chi connectivity index (χ1v) is 5.33. The fourth-order valence-corrected chi connectivity index (χ4v) is 0.889. The lowest BCUT2D eigenvalue weighted by Crippen LogP contribution is -2.16. The summed E-state index contributed by atoms with van der Waals surface area (Å²) in [5.41, 5.74) is 7.31. The third-order valence-electron chi connectivity index (χ3n) is 1.32. The van der Waals surface area contributed by atoms with Gasteiger partial charge < -0.3 is 0 Å². The van der Waals surface area contributed by atoms with Crippen LogP contribution in [0.2, 0.25) is 0 Å². The molecule has 0 spiro atoms. The van der Waals surface area contributed by atoms with Gasteiger partial charge in [0.05, 0.1) is 9.98 Å². The van der Waals surface area contributed by atoms with E-state index in [1.807, 2.05) is 13.8 Å². The van der Waals surface area contributed by atoms with Crippen molar-refractivity contribution >= 4 is 45.8 Å². The highest BCUT2D eigenvalue weighted by atomic mass is 32.1. The average Bonchev–Trinajstić information content (AvgIpc) is 2.11. The van der Waals surface area contributed by atoms with Gasteiger partial charge in [-0.3, -0.25) is 10.9 Å². The van der Waals surface area contributed by atoms with Crippen LogP contribution in [0.4, 0.5) is 0 Å². The van der Waals surface area contributed by atoms with E-state index in [2.05, 4.69) is 21.1 Å². The highest BCUT2D eigenvalue weighted by Gasteiger charge is 1.96. The molecule has 2 N–H and O–H groups in total. The molecule has 0 aliphatic heterocycles. The number of hydrogen-bond acceptors (Lipinski definition) is 4. The molecule has 0 aliphatic rings. The lowest BCUT2D eigenvalue weighted by Gasteiger charge is -2.02. The smallest absolute Gasteiger partial charge is 0.0930 e. The molecule has 0 heterocycles. The van der Waals surface area contributed by atoms with Gasteiger partial charge in [0.15, 0.2) is 0 Å². The van der Waals surface area contributed by atoms with Crippen LogP contribution in [-0.4, -0.2) is 21.4 Å². The SMILES string of the molecule is CC(=S)NN=C(C)CC(C)=NNC(C)=S. The van der Waals surface area contributed by atoms with Gasteiger partial charge in [-0.25, -0.2) is 0 Å². The van der Waals surface area contributed by atoms with E-state index in [9.17, 15) is 0 Å². The second-order valence-electron chi connectivity index (χ2n) is 3.21. The summed E-state index contributed by atoms with van der Waals surface area (Å²) >= 11 is 9.67. The van der Waals surface area contributed by atoms with Crippen LogP contribution in [0.25, 0.3) is 0 Å². The summed E-state index contributed by atoms with van der Waals surface area (Å²) in [5, 5.41) is 8.15. The molecule has 0 unspecified atom stereocenters. The third-order valence-corrected chi connectivity index (χ3v) is 1.50. The van der Waals surface area contributed by atoms with E-state index >= 15 is 0 Å². The van der Waals surface area contributed by atoms with Gasteiger partial charge in [0.2, 0.25) is 0 Å². The standard InChI is InChI=1S/C9H16N4S2/c1-6(10-12-8(3)14)5-7(2)11-13-9(4)15/h5H2,1-4H3,(H,12,14)(H,13,15). The normalized spacial score (nSPS) is 12.3. The number of hydrogen-bond donors (Lipinski definition) is 2. The molecular weight excluding hydrogens is 228 g/mol. The van der Waals surface area contributed by atoms with E-state index in [0.29, 0.717) is 16.4 Å². The quantitative estimate of drug-likeness (QED) is 0.451. The summed E-state index contributed by atoms with van der Waals surface area (Å²) in [5.74, 6) is 0. The van der Waals surface area contributed by atoms with Gasteiger partial charge in [0.25, 0.3) is 0 Å². The van der Waals surface area contributed by atoms with Crippen molar-refractivity contribution in [1.82, 2.24) is 10.9 Å². The van der Waals surface area contributed by atoms with Crippen molar-refractivity contribution in [3.63, 3.8) is 0 Å². The van der Waals surface area contributed by atoms with E-state index < -0.39 is 0 Å². The molecule has 0 aliphatic carbocycles. The Kier molecular flexibility index (Phi) is 6.98. The molecule has 0 bridgehead atoms. The summed E-state index contributed by atoms with van der Waals surface area (Å²) in [6.07, 6.45) is 0.686. The Morgan fingerprint density at radius 1 is 0.867 bits per heavy atom. The first-order chi connectivity index (χ1) is 6.91. The highest BCUT2D eigenvalue weighted by molar-refractivity contribution is 7.80. The summed E-state index contributed by atoms with van der Waals surface area (Å²) in [6.45, 7) is 7.39. The molecule has 6 heteroatoms. The minimum Gasteiger partial charge on any atom is -0.272 e. The number of nitrogens with zero attached hydrogens (tertiary/aromatic N) is 2. The molecular formula is C9H16N4S2. The summed E-state index contributed by atoms with van der Waals surface area (Å²) in [4.78, 5) is 1.30. The van der Waals surface area contributed by atoms with Crippen LogP contribution in [0.1, 0.15) is 34.1 Å². The Hall–Kier alpha value is -0.880. The number of hydrazone groups is 2. The van der Waals surface area contributed by atoms with Gasteiger partial charge in [-0.2, -0.15) is 10.2 Å². The van der Waals surface area contributed by atoms with Crippen LogP contribution in [0.15, 0.2) is 10.2 Å². The Labute approximate surface area is 101 Å². The van der Waals surface area contributed by atoms with Crippen molar-refractivity contribution in [2.75, 3.05) is 0 Å². The zero-order valence-corrected chi connectivity index (χ0v) is 11.1. The van der Waals surface area contributed by atoms with E-state index in [-0.39, 0.29) is 0 Å². The average molecular weight is 244 g/mol. The van der Waals surface area contributed by atoms with Crippen molar-refractivity contribution in [1.29, 1.82) is 0 Å². The van der Waals surface area contributed by atoms with Crippen LogP contribution in [0.3, 0.4) is 0 Å². The fourth-order valence-electron chi connectivity index (χ4n) is 0.798. The zero-order valence-electron chi connectivity index (χ0n) is 9.42. The first kappa shape index (κ1) is 14.1. The maximum Gasteiger partial charge on any atom is 0.0930 e. The topological polar surface area (TPSA) is 48.8 Å². The van der Waals surface area contributed by atoms with Gasteiger partial charge in [-0.05, 0) is 27.7 Å². The number of thiocarbonyl (C=S) groups is 2. The molecule has 0 amide bonds. The molecule has 0 aromatic carbocycles. The van der Waals surface area contributed by atoms with Gasteiger partial charge in [-0.1, -0.05) is 24.4 Å². The van der Waals surface area contributed by atoms with Crippen LogP contribution in [-0.2, 0) is 0 Å². The molecule has 0 radical (unpaired) electrons. The van der Waals surface area contributed by atoms with Crippen molar-refractivity contribution in [2.24, 2.45) is 10.2 Å². The second kappa shape index (κ2) is 7.42. The molecule has 0 saturated carbocycles. The summed E-state index contributed by atoms with van der Waals surface area (Å²) in [7, 11) is 0. The molecule has 0 saturated heterocycles. The lowest BCUT2D eigenvalue weighted by molar-refractivity contribution is 1.01. The Morgan fingerprint density at radius 3 is 1.47 bits per heavy atom. The first-order valence-electron chi connectivity index (χ1n) is 4.51. The van der Waals surface area contributed by atoms with E-state index in [1.54, 1.807) is 13.8 Å². The van der Waals surface area contributed by atoms with Crippen LogP contribution in [0, 0.1) is 0 Å². The zero-order chi connectivity index (χ0) is 11.8. The third kappa shape index (κ3) is 9.42. The van der Waals surface area contributed by atoms with E-state index in [1.165, 1.54) is 0 Å². The van der Waals surface area contributed by atoms with Crippen molar-refractivity contribution < 1.29 is 0 Å². The maximum absolute atomic E-state index is 4.84. The Morgan fingerprint density at radius 2 is 1.20 bits per heavy atom. The van der Waals surface area contributed by atoms with E-state index in [0.717, 1.165) is 11.4 Å². The van der Waals surface area contributed by atoms with Gasteiger partial charge >= 0.3 is 0 Å². The minimum atomic E-state index is 0.650. The molecule has 0 fully saturated rings. The lowest BCUT2D eigenvalue weighted by atomic mass is 10.2. The molecule has 4 nitrogen and oxygen atoms in total. The van der Waals surface area contributed by atoms with Crippen LogP contribution >= 0.6 is 24.4 Å². The summed E-state index contributed by atoms with van der Waals surface area (Å²) in [6, 6.07) is 0. The number of rotatable bonds is 4. The van der Waals surface area contributed by atoms with Gasteiger partial charge in [0, 0.05) is 17.8 Å². The molecule has 0 aromatic heterocycles. The molecule has 84 valence electrons. The van der Waals surface area contributed by atoms with Crippen LogP contribution in [0.5, 0.6) is 0 Å². The Bertz CT molecular complexity index is 277. The highest BCUT2D eigenvalue weighted by Crippen LogP contribution is 1.89. The van der Waals surface area contributed by atoms with Gasteiger partial charge in [-0.15, -0.1) is 0 Å². The second-order valence-corrected chi connectivity index (χ2v) is 4.43. The fraction of sp³-hybridized carbons (Fsp3) is 0.556. The van der Waals surface area contributed by atoms with Crippen molar-refractivity contribution in [2.45, 2.75) is 34.1 Å². The van der Waals surface area contributed by atoms with Crippen molar-refractivity contribution in [3.05, 3.63) is 0 Å². The summed E-state index contributed by atoms with van der Waals surface area (Å²) < 4.78 is 0. The minimum absolute atomic E-state index is 0.650. The van der Waals surface area contributed by atoms with Crippen molar-refractivity contribution in [3.8, 4) is 0 Å². The van der Waals surface area contributed by atoms with Crippen LogP contribution < -0.4 is 10.9 Å². The monoisotopic (exact) mass is 244 g/mol.